The fourth-order valence-electron chi connectivity index (χ4n) is 3.10. The zero-order valence-electron chi connectivity index (χ0n) is 22.3. The Morgan fingerprint density at radius 2 is 1.78 bits per heavy atom. The average Bonchev–Trinajstić information content (AvgIpc) is 3.28. The molecule has 3 rings (SSSR count). The Hall–Kier alpha value is -2.19. The highest BCUT2D eigenvalue weighted by Crippen LogP contribution is 2.30. The SMILES string of the molecule is CC=C1CCC1.CCCCC(F)(F)CC(C)CC.COc1ccc(C(F)(F)F)nc1.O=C1CCCN1. The Kier molecular flexibility index (Phi) is 17.0. The van der Waals surface area contributed by atoms with Crippen LogP contribution in [0.3, 0.4) is 0 Å². The van der Waals surface area contributed by atoms with Crippen LogP contribution in [-0.4, -0.2) is 30.5 Å². The monoisotopic (exact) mass is 522 g/mol. The lowest BCUT2D eigenvalue weighted by Gasteiger charge is -2.19. The molecular weight excluding hydrogens is 479 g/mol. The molecule has 1 unspecified atom stereocenters. The second-order valence-corrected chi connectivity index (χ2v) is 9.01. The first-order chi connectivity index (χ1) is 16.9. The van der Waals surface area contributed by atoms with Crippen molar-refractivity contribution in [3.05, 3.63) is 35.7 Å². The first-order valence-corrected chi connectivity index (χ1v) is 12.7. The molecule has 2 fully saturated rings. The van der Waals surface area contributed by atoms with Crippen LogP contribution in [0.4, 0.5) is 22.0 Å². The van der Waals surface area contributed by atoms with Crippen LogP contribution in [0.1, 0.15) is 97.6 Å². The number of nitrogens with zero attached hydrogens (tertiary/aromatic N) is 1. The predicted molar refractivity (Wildman–Crippen MR) is 134 cm³/mol. The number of allylic oxidation sites excluding steroid dienone is 2. The van der Waals surface area contributed by atoms with Gasteiger partial charge < -0.3 is 10.1 Å². The Morgan fingerprint density at radius 1 is 1.11 bits per heavy atom. The summed E-state index contributed by atoms with van der Waals surface area (Å²) in [4.78, 5) is 13.3. The van der Waals surface area contributed by atoms with Crippen molar-refractivity contribution in [2.45, 2.75) is 104 Å². The maximum absolute atomic E-state index is 13.0. The minimum absolute atomic E-state index is 0.0590. The van der Waals surface area contributed by atoms with E-state index < -0.39 is 17.8 Å². The summed E-state index contributed by atoms with van der Waals surface area (Å²) in [5.74, 6) is -1.76. The van der Waals surface area contributed by atoms with E-state index in [9.17, 15) is 26.7 Å². The number of unbranched alkanes of at least 4 members (excludes halogenated alkanes) is 1. The number of carbonyl (C=O) groups excluding carboxylic acids is 1. The van der Waals surface area contributed by atoms with Crippen molar-refractivity contribution in [1.29, 1.82) is 0 Å². The van der Waals surface area contributed by atoms with E-state index in [1.807, 2.05) is 20.8 Å². The van der Waals surface area contributed by atoms with Gasteiger partial charge in [0.05, 0.1) is 13.3 Å². The second kappa shape index (κ2) is 18.1. The number of aromatic nitrogens is 1. The molecule has 0 aromatic carbocycles. The number of hydrogen-bond acceptors (Lipinski definition) is 3. The number of halogens is 5. The topological polar surface area (TPSA) is 51.2 Å². The number of pyridine rings is 1. The van der Waals surface area contributed by atoms with E-state index in [2.05, 4.69) is 28.0 Å². The summed E-state index contributed by atoms with van der Waals surface area (Å²) >= 11 is 0. The normalized spacial score (nSPS) is 15.5. The summed E-state index contributed by atoms with van der Waals surface area (Å²) in [5, 5.41) is 2.68. The molecule has 1 saturated heterocycles. The van der Waals surface area contributed by atoms with Gasteiger partial charge in [-0.1, -0.05) is 45.3 Å². The van der Waals surface area contributed by atoms with Gasteiger partial charge in [0.2, 0.25) is 11.8 Å². The van der Waals surface area contributed by atoms with Crippen molar-refractivity contribution >= 4 is 5.91 Å². The average molecular weight is 523 g/mol. The molecule has 1 aromatic heterocycles. The highest BCUT2D eigenvalue weighted by molar-refractivity contribution is 5.77. The van der Waals surface area contributed by atoms with Crippen molar-refractivity contribution in [3.63, 3.8) is 0 Å². The predicted octanol–water partition coefficient (Wildman–Crippen LogP) is 8.37. The number of rotatable bonds is 7. The molecular formula is C27H43F5N2O2. The number of ether oxygens (including phenoxy) is 1. The Labute approximate surface area is 213 Å². The van der Waals surface area contributed by atoms with Crippen LogP contribution in [0.25, 0.3) is 0 Å². The van der Waals surface area contributed by atoms with Crippen molar-refractivity contribution in [3.8, 4) is 5.75 Å². The van der Waals surface area contributed by atoms with Gasteiger partial charge in [-0.3, -0.25) is 4.79 Å². The van der Waals surface area contributed by atoms with Gasteiger partial charge in [0.1, 0.15) is 11.4 Å². The van der Waals surface area contributed by atoms with E-state index in [-0.39, 0.29) is 24.7 Å². The summed E-state index contributed by atoms with van der Waals surface area (Å²) in [6.45, 7) is 8.80. The molecule has 2 aliphatic rings. The largest absolute Gasteiger partial charge is 0.495 e. The minimum Gasteiger partial charge on any atom is -0.495 e. The molecule has 0 spiro atoms. The molecule has 0 bridgehead atoms. The van der Waals surface area contributed by atoms with Gasteiger partial charge in [0.25, 0.3) is 0 Å². The third-order valence-corrected chi connectivity index (χ3v) is 5.81. The summed E-state index contributed by atoms with van der Waals surface area (Å²) in [6, 6.07) is 2.09. The lowest BCUT2D eigenvalue weighted by molar-refractivity contribution is -0.141. The number of amides is 1. The highest BCUT2D eigenvalue weighted by Gasteiger charge is 2.32. The molecule has 1 amide bonds. The molecule has 208 valence electrons. The zero-order valence-corrected chi connectivity index (χ0v) is 22.3. The van der Waals surface area contributed by atoms with Crippen molar-refractivity contribution in [2.75, 3.05) is 13.7 Å². The molecule has 1 aliphatic heterocycles. The summed E-state index contributed by atoms with van der Waals surface area (Å²) in [5.41, 5.74) is 0.735. The van der Waals surface area contributed by atoms with E-state index in [0.29, 0.717) is 12.2 Å². The Bertz CT molecular complexity index is 736. The molecule has 9 heteroatoms. The van der Waals surface area contributed by atoms with Gasteiger partial charge in [-0.15, -0.1) is 0 Å². The van der Waals surface area contributed by atoms with Crippen LogP contribution < -0.4 is 10.1 Å². The van der Waals surface area contributed by atoms with Gasteiger partial charge >= 0.3 is 6.18 Å². The third kappa shape index (κ3) is 16.5. The van der Waals surface area contributed by atoms with Gasteiger partial charge in [0, 0.05) is 25.8 Å². The Morgan fingerprint density at radius 3 is 2.06 bits per heavy atom. The Balaban J connectivity index is 0.000000475. The first-order valence-electron chi connectivity index (χ1n) is 12.7. The number of methoxy groups -OCH3 is 1. The molecule has 36 heavy (non-hydrogen) atoms. The molecule has 1 aliphatic carbocycles. The quantitative estimate of drug-likeness (QED) is 0.289. The molecule has 2 heterocycles. The van der Waals surface area contributed by atoms with Crippen LogP contribution >= 0.6 is 0 Å². The fraction of sp³-hybridized carbons (Fsp3) is 0.704. The number of alkyl halides is 5. The fourth-order valence-corrected chi connectivity index (χ4v) is 3.10. The van der Waals surface area contributed by atoms with E-state index in [4.69, 9.17) is 0 Å². The third-order valence-electron chi connectivity index (χ3n) is 5.81. The van der Waals surface area contributed by atoms with E-state index in [1.54, 1.807) is 5.57 Å². The molecule has 0 radical (unpaired) electrons. The second-order valence-electron chi connectivity index (χ2n) is 9.01. The van der Waals surface area contributed by atoms with E-state index in [1.165, 1.54) is 32.4 Å². The van der Waals surface area contributed by atoms with Crippen LogP contribution in [0, 0.1) is 5.92 Å². The molecule has 1 aromatic rings. The molecule has 1 atom stereocenters. The van der Waals surface area contributed by atoms with Crippen molar-refractivity contribution in [1.82, 2.24) is 10.3 Å². The number of nitrogens with one attached hydrogen (secondary N) is 1. The standard InChI is InChI=1S/C10H20F2.C7H6F3NO.C6H10.C4H7NO/c1-4-6-7-10(11,12)8-9(3)5-2;1-12-5-2-3-6(11-4-5)7(8,9)10;1-2-6-4-3-5-6;6-4-2-1-3-5-4/h9H,4-8H2,1-3H3;2-4H,1H3;2H,3-5H2,1H3;1-3H2,(H,5,6). The summed E-state index contributed by atoms with van der Waals surface area (Å²) < 4.78 is 66.5. The minimum atomic E-state index is -4.38. The molecule has 1 N–H and O–H groups in total. The van der Waals surface area contributed by atoms with Crippen molar-refractivity contribution in [2.24, 2.45) is 5.92 Å². The van der Waals surface area contributed by atoms with Gasteiger partial charge in [-0.05, 0) is 57.1 Å². The van der Waals surface area contributed by atoms with Crippen LogP contribution in [0.15, 0.2) is 30.0 Å². The molecule has 4 nitrogen and oxygen atoms in total. The van der Waals surface area contributed by atoms with Gasteiger partial charge in [0.15, 0.2) is 0 Å². The van der Waals surface area contributed by atoms with Crippen LogP contribution in [0.2, 0.25) is 0 Å². The van der Waals surface area contributed by atoms with E-state index >= 15 is 0 Å². The van der Waals surface area contributed by atoms with Crippen LogP contribution in [0.5, 0.6) is 5.75 Å². The number of hydrogen-bond donors (Lipinski definition) is 1. The van der Waals surface area contributed by atoms with Crippen LogP contribution in [-0.2, 0) is 11.0 Å². The van der Waals surface area contributed by atoms with Gasteiger partial charge in [-0.25, -0.2) is 13.8 Å². The zero-order chi connectivity index (χ0) is 27.6. The maximum Gasteiger partial charge on any atom is 0.433 e. The molecule has 1 saturated carbocycles. The highest BCUT2D eigenvalue weighted by atomic mass is 19.4. The number of carbonyl (C=O) groups is 1. The first kappa shape index (κ1) is 33.8. The van der Waals surface area contributed by atoms with Gasteiger partial charge in [-0.2, -0.15) is 13.2 Å². The maximum atomic E-state index is 13.0. The summed E-state index contributed by atoms with van der Waals surface area (Å²) in [7, 11) is 1.37. The smallest absolute Gasteiger partial charge is 0.433 e. The summed E-state index contributed by atoms with van der Waals surface area (Å²) in [6.07, 6.45) is 7.28. The van der Waals surface area contributed by atoms with E-state index in [0.717, 1.165) is 44.5 Å². The van der Waals surface area contributed by atoms with Crippen molar-refractivity contribution < 1.29 is 31.5 Å². The lowest BCUT2D eigenvalue weighted by atomic mass is 9.93. The lowest BCUT2D eigenvalue weighted by Crippen LogP contribution is -2.19.